The van der Waals surface area contributed by atoms with Crippen molar-refractivity contribution in [1.82, 2.24) is 25.2 Å². The van der Waals surface area contributed by atoms with Crippen LogP contribution in [-0.4, -0.2) is 29.6 Å². The van der Waals surface area contributed by atoms with Crippen LogP contribution in [0.5, 0.6) is 0 Å². The number of aromatic amines is 1. The first kappa shape index (κ1) is 14.2. The van der Waals surface area contributed by atoms with Crippen molar-refractivity contribution in [1.29, 1.82) is 0 Å². The van der Waals surface area contributed by atoms with E-state index in [9.17, 15) is 8.42 Å². The van der Waals surface area contributed by atoms with Crippen molar-refractivity contribution in [2.75, 3.05) is 0 Å². The van der Waals surface area contributed by atoms with Crippen LogP contribution >= 0.6 is 0 Å². The molecule has 9 heteroatoms. The van der Waals surface area contributed by atoms with Crippen molar-refractivity contribution in [2.45, 2.75) is 43.5 Å². The molecule has 2 heterocycles. The predicted molar refractivity (Wildman–Crippen MR) is 73.7 cm³/mol. The molecule has 21 heavy (non-hydrogen) atoms. The predicted octanol–water partition coefficient (Wildman–Crippen LogP) is 0.689. The first-order valence-corrected chi connectivity index (χ1v) is 8.22. The van der Waals surface area contributed by atoms with Gasteiger partial charge in [-0.05, 0) is 31.9 Å². The third-order valence-electron chi connectivity index (χ3n) is 3.22. The molecule has 3 N–H and O–H groups in total. The highest BCUT2D eigenvalue weighted by Crippen LogP contribution is 2.21. The summed E-state index contributed by atoms with van der Waals surface area (Å²) in [5.41, 5.74) is 0. The number of nitrogens with zero attached hydrogens (tertiary/aromatic N) is 2. The van der Waals surface area contributed by atoms with Crippen LogP contribution in [0.2, 0.25) is 0 Å². The molecule has 0 aromatic carbocycles. The zero-order valence-electron chi connectivity index (χ0n) is 11.5. The topological polar surface area (TPSA) is 113 Å². The minimum atomic E-state index is -3.72. The molecule has 0 spiro atoms. The van der Waals surface area contributed by atoms with E-state index in [-0.39, 0.29) is 5.09 Å². The Morgan fingerprint density at radius 3 is 2.95 bits per heavy atom. The minimum Gasteiger partial charge on any atom is -0.447 e. The van der Waals surface area contributed by atoms with Gasteiger partial charge in [0.05, 0.1) is 12.6 Å². The number of furan rings is 1. The van der Waals surface area contributed by atoms with Crippen molar-refractivity contribution < 1.29 is 12.8 Å². The van der Waals surface area contributed by atoms with Crippen LogP contribution in [-0.2, 0) is 16.6 Å². The molecule has 1 aliphatic carbocycles. The molecule has 0 bridgehead atoms. The maximum atomic E-state index is 12.2. The Labute approximate surface area is 122 Å². The summed E-state index contributed by atoms with van der Waals surface area (Å²) in [6, 6.07) is 3.15. The number of rotatable bonds is 7. The number of aromatic nitrogens is 3. The van der Waals surface area contributed by atoms with Crippen LogP contribution in [0.25, 0.3) is 0 Å². The average Bonchev–Trinajstić information content (AvgIpc) is 2.96. The molecule has 3 rings (SSSR count). The largest absolute Gasteiger partial charge is 0.447 e. The highest BCUT2D eigenvalue weighted by atomic mass is 32.2. The van der Waals surface area contributed by atoms with Gasteiger partial charge in [0.15, 0.2) is 0 Å². The molecule has 8 nitrogen and oxygen atoms in total. The number of hydrogen-bond donors (Lipinski definition) is 3. The Bertz CT molecular complexity index is 690. The molecule has 1 saturated carbocycles. The molecule has 0 saturated heterocycles. The fraction of sp³-hybridized carbons (Fsp3) is 0.500. The minimum absolute atomic E-state index is 0.0959. The first-order valence-electron chi connectivity index (χ1n) is 6.74. The first-order chi connectivity index (χ1) is 10.0. The van der Waals surface area contributed by atoms with E-state index >= 15 is 0 Å². The van der Waals surface area contributed by atoms with Gasteiger partial charge in [-0.25, -0.2) is 13.4 Å². The summed E-state index contributed by atoms with van der Waals surface area (Å²) in [5, 5.41) is 9.49. The molecule has 1 aliphatic rings. The van der Waals surface area contributed by atoms with E-state index in [1.54, 1.807) is 13.0 Å². The van der Waals surface area contributed by atoms with Crippen LogP contribution < -0.4 is 10.0 Å². The normalized spacial score (nSPS) is 17.0. The zero-order valence-corrected chi connectivity index (χ0v) is 12.4. The number of hydrogen-bond acceptors (Lipinski definition) is 6. The van der Waals surface area contributed by atoms with E-state index in [1.165, 1.54) is 25.2 Å². The van der Waals surface area contributed by atoms with E-state index in [2.05, 4.69) is 25.2 Å². The Morgan fingerprint density at radius 1 is 1.48 bits per heavy atom. The molecule has 1 fully saturated rings. The molecule has 2 aromatic rings. The third kappa shape index (κ3) is 3.49. The van der Waals surface area contributed by atoms with Gasteiger partial charge in [-0.15, -0.1) is 0 Å². The fourth-order valence-corrected chi connectivity index (χ4v) is 3.06. The van der Waals surface area contributed by atoms with Crippen LogP contribution in [0.15, 0.2) is 28.0 Å². The summed E-state index contributed by atoms with van der Waals surface area (Å²) >= 11 is 0. The highest BCUT2D eigenvalue weighted by molar-refractivity contribution is 7.89. The van der Waals surface area contributed by atoms with Gasteiger partial charge in [0.2, 0.25) is 5.09 Å². The van der Waals surface area contributed by atoms with Crippen molar-refractivity contribution in [3.05, 3.63) is 30.0 Å². The fourth-order valence-electron chi connectivity index (χ4n) is 1.90. The molecule has 0 aliphatic heterocycles. The molecule has 1 atom stereocenters. The second-order valence-electron chi connectivity index (χ2n) is 5.09. The summed E-state index contributed by atoms with van der Waals surface area (Å²) in [6.07, 6.45) is 3.67. The molecule has 0 radical (unpaired) electrons. The quantitative estimate of drug-likeness (QED) is 0.693. The molecule has 0 amide bonds. The van der Waals surface area contributed by atoms with Gasteiger partial charge in [-0.2, -0.15) is 9.82 Å². The summed E-state index contributed by atoms with van der Waals surface area (Å²) in [4.78, 5) is 3.92. The van der Waals surface area contributed by atoms with Gasteiger partial charge in [-0.3, -0.25) is 5.10 Å². The Morgan fingerprint density at radius 2 is 2.29 bits per heavy atom. The van der Waals surface area contributed by atoms with Crippen LogP contribution in [0.3, 0.4) is 0 Å². The Balaban J connectivity index is 1.66. The number of H-pyrrole nitrogens is 1. The lowest BCUT2D eigenvalue weighted by molar-refractivity contribution is 0.397. The van der Waals surface area contributed by atoms with Gasteiger partial charge in [0, 0.05) is 6.04 Å². The van der Waals surface area contributed by atoms with E-state index in [4.69, 9.17) is 4.42 Å². The molecular formula is C12H17N5O3S. The maximum absolute atomic E-state index is 12.2. The molecular weight excluding hydrogens is 294 g/mol. The Kier molecular flexibility index (Phi) is 3.79. The number of sulfonamides is 1. The molecule has 2 aromatic heterocycles. The Hall–Kier alpha value is -1.71. The lowest BCUT2D eigenvalue weighted by atomic mass is 10.3. The van der Waals surface area contributed by atoms with Gasteiger partial charge >= 0.3 is 0 Å². The van der Waals surface area contributed by atoms with Crippen molar-refractivity contribution in [3.63, 3.8) is 0 Å². The summed E-state index contributed by atoms with van der Waals surface area (Å²) in [6.45, 7) is 2.22. The van der Waals surface area contributed by atoms with E-state index in [1.807, 2.05) is 0 Å². The van der Waals surface area contributed by atoms with Gasteiger partial charge in [0.1, 0.15) is 17.9 Å². The molecule has 114 valence electrons. The van der Waals surface area contributed by atoms with Crippen molar-refractivity contribution in [2.24, 2.45) is 0 Å². The third-order valence-corrected chi connectivity index (χ3v) is 4.63. The van der Waals surface area contributed by atoms with Gasteiger partial charge in [-0.1, -0.05) is 0 Å². The van der Waals surface area contributed by atoms with Crippen molar-refractivity contribution in [3.8, 4) is 0 Å². The van der Waals surface area contributed by atoms with E-state index < -0.39 is 16.1 Å². The van der Waals surface area contributed by atoms with E-state index in [0.29, 0.717) is 24.2 Å². The smallest absolute Gasteiger partial charge is 0.274 e. The lowest BCUT2D eigenvalue weighted by Crippen LogP contribution is -2.27. The SMILES string of the molecule is CC(NS(=O)(=O)c1ccc(CNC2CC2)o1)c1ncn[nH]1. The standard InChI is InChI=1S/C12H17N5O3S/c1-8(12-14-7-15-16-12)17-21(18,19)11-5-4-10(20-11)6-13-9-2-3-9/h4-5,7-9,13,17H,2-3,6H2,1H3,(H,14,15,16). The highest BCUT2D eigenvalue weighted by Gasteiger charge is 2.24. The summed E-state index contributed by atoms with van der Waals surface area (Å²) < 4.78 is 32.3. The summed E-state index contributed by atoms with van der Waals surface area (Å²) in [7, 11) is -3.72. The zero-order chi connectivity index (χ0) is 14.9. The number of nitrogens with one attached hydrogen (secondary N) is 3. The monoisotopic (exact) mass is 311 g/mol. The van der Waals surface area contributed by atoms with Crippen LogP contribution in [0.1, 0.15) is 37.4 Å². The summed E-state index contributed by atoms with van der Waals surface area (Å²) in [5.74, 6) is 1.05. The second-order valence-corrected chi connectivity index (χ2v) is 6.73. The average molecular weight is 311 g/mol. The van der Waals surface area contributed by atoms with Gasteiger partial charge < -0.3 is 9.73 Å². The van der Waals surface area contributed by atoms with Gasteiger partial charge in [0.25, 0.3) is 10.0 Å². The maximum Gasteiger partial charge on any atom is 0.274 e. The van der Waals surface area contributed by atoms with Crippen LogP contribution in [0.4, 0.5) is 0 Å². The second kappa shape index (κ2) is 5.58. The van der Waals surface area contributed by atoms with Crippen LogP contribution in [0, 0.1) is 0 Å². The van der Waals surface area contributed by atoms with Crippen molar-refractivity contribution >= 4 is 10.0 Å². The molecule has 1 unspecified atom stereocenters. The van der Waals surface area contributed by atoms with E-state index in [0.717, 1.165) is 0 Å². The lowest BCUT2D eigenvalue weighted by Gasteiger charge is -2.09.